The van der Waals surface area contributed by atoms with Crippen molar-refractivity contribution in [1.82, 2.24) is 20.0 Å². The van der Waals surface area contributed by atoms with Crippen LogP contribution in [0.25, 0.3) is 0 Å². The number of nitrogens with one attached hydrogen (secondary N) is 1. The zero-order valence-corrected chi connectivity index (χ0v) is 11.9. The molecule has 0 aromatic heterocycles. The minimum atomic E-state index is 1.14. The minimum Gasteiger partial charge on any atom is -0.320 e. The van der Waals surface area contributed by atoms with Crippen molar-refractivity contribution in [2.75, 3.05) is 73.5 Å². The third kappa shape index (κ3) is 6.99. The van der Waals surface area contributed by atoms with E-state index < -0.39 is 0 Å². The Morgan fingerprint density at radius 2 is 1.47 bits per heavy atom. The lowest BCUT2D eigenvalue weighted by atomic mass is 10.2. The molecule has 0 radical (unpaired) electrons. The molecule has 1 N–H and O–H groups in total. The van der Waals surface area contributed by atoms with Gasteiger partial charge in [-0.05, 0) is 60.2 Å². The predicted octanol–water partition coefficient (Wildman–Crippen LogP) is 0.165. The van der Waals surface area contributed by atoms with Gasteiger partial charge in [0, 0.05) is 26.2 Å². The van der Waals surface area contributed by atoms with Crippen LogP contribution in [0.5, 0.6) is 0 Å². The summed E-state index contributed by atoms with van der Waals surface area (Å²) in [6, 6.07) is 0. The van der Waals surface area contributed by atoms with Crippen LogP contribution in [0.3, 0.4) is 0 Å². The molecule has 0 bridgehead atoms. The molecule has 1 aliphatic heterocycles. The standard InChI is InChI=1S/C13H30N4/c1-14-6-4-8-16-10-12-17(13-11-16)9-5-7-15(2)3/h14H,4-13H2,1-3H3. The summed E-state index contributed by atoms with van der Waals surface area (Å²) in [5.41, 5.74) is 0. The summed E-state index contributed by atoms with van der Waals surface area (Å²) < 4.78 is 0. The Morgan fingerprint density at radius 1 is 0.941 bits per heavy atom. The van der Waals surface area contributed by atoms with Gasteiger partial charge >= 0.3 is 0 Å². The summed E-state index contributed by atoms with van der Waals surface area (Å²) in [5.74, 6) is 0. The van der Waals surface area contributed by atoms with Crippen molar-refractivity contribution in [3.63, 3.8) is 0 Å². The first-order valence-corrected chi connectivity index (χ1v) is 6.96. The summed E-state index contributed by atoms with van der Waals surface area (Å²) in [5, 5.41) is 3.21. The van der Waals surface area contributed by atoms with Crippen LogP contribution in [0.4, 0.5) is 0 Å². The van der Waals surface area contributed by atoms with Crippen molar-refractivity contribution in [3.05, 3.63) is 0 Å². The number of nitrogens with zero attached hydrogens (tertiary/aromatic N) is 3. The topological polar surface area (TPSA) is 21.8 Å². The average Bonchev–Trinajstić information content (AvgIpc) is 2.31. The first-order valence-electron chi connectivity index (χ1n) is 6.96. The minimum absolute atomic E-state index is 1.14. The second kappa shape index (κ2) is 8.86. The van der Waals surface area contributed by atoms with Crippen LogP contribution in [0.2, 0.25) is 0 Å². The van der Waals surface area contributed by atoms with Crippen molar-refractivity contribution in [2.45, 2.75) is 12.8 Å². The Morgan fingerprint density at radius 3 is 1.94 bits per heavy atom. The van der Waals surface area contributed by atoms with Crippen LogP contribution in [0, 0.1) is 0 Å². The Bertz CT molecular complexity index is 176. The third-order valence-electron chi connectivity index (χ3n) is 3.45. The molecule has 1 aliphatic rings. The van der Waals surface area contributed by atoms with Gasteiger partial charge in [-0.25, -0.2) is 0 Å². The highest BCUT2D eigenvalue weighted by atomic mass is 15.3. The van der Waals surface area contributed by atoms with E-state index >= 15 is 0 Å². The average molecular weight is 242 g/mol. The fraction of sp³-hybridized carbons (Fsp3) is 1.00. The highest BCUT2D eigenvalue weighted by Crippen LogP contribution is 2.03. The molecule has 0 spiro atoms. The van der Waals surface area contributed by atoms with Crippen molar-refractivity contribution in [1.29, 1.82) is 0 Å². The molecule has 0 amide bonds. The lowest BCUT2D eigenvalue weighted by molar-refractivity contribution is 0.128. The molecule has 102 valence electrons. The molecule has 0 aliphatic carbocycles. The molecule has 0 atom stereocenters. The molecular formula is C13H30N4. The zero-order chi connectivity index (χ0) is 12.5. The Kier molecular flexibility index (Phi) is 7.77. The zero-order valence-electron chi connectivity index (χ0n) is 11.9. The monoisotopic (exact) mass is 242 g/mol. The molecule has 0 saturated carbocycles. The molecule has 1 fully saturated rings. The molecular weight excluding hydrogens is 212 g/mol. The fourth-order valence-electron chi connectivity index (χ4n) is 2.33. The van der Waals surface area contributed by atoms with E-state index in [1.54, 1.807) is 0 Å². The fourth-order valence-corrected chi connectivity index (χ4v) is 2.33. The second-order valence-electron chi connectivity index (χ2n) is 5.30. The number of hydrogen-bond acceptors (Lipinski definition) is 4. The molecule has 0 aromatic rings. The van der Waals surface area contributed by atoms with Gasteiger partial charge in [0.15, 0.2) is 0 Å². The largest absolute Gasteiger partial charge is 0.320 e. The van der Waals surface area contributed by atoms with E-state index in [1.165, 1.54) is 58.7 Å². The molecule has 1 rings (SSSR count). The van der Waals surface area contributed by atoms with Gasteiger partial charge < -0.3 is 20.0 Å². The first kappa shape index (κ1) is 14.9. The molecule has 1 heterocycles. The van der Waals surface area contributed by atoms with Gasteiger partial charge in [0.25, 0.3) is 0 Å². The van der Waals surface area contributed by atoms with Crippen LogP contribution in [-0.2, 0) is 0 Å². The van der Waals surface area contributed by atoms with Gasteiger partial charge in [-0.2, -0.15) is 0 Å². The molecule has 17 heavy (non-hydrogen) atoms. The summed E-state index contributed by atoms with van der Waals surface area (Å²) in [6.07, 6.45) is 2.57. The third-order valence-corrected chi connectivity index (χ3v) is 3.45. The van der Waals surface area contributed by atoms with E-state index in [0.717, 1.165) is 6.54 Å². The van der Waals surface area contributed by atoms with Crippen LogP contribution in [0.15, 0.2) is 0 Å². The van der Waals surface area contributed by atoms with E-state index in [2.05, 4.69) is 34.1 Å². The highest BCUT2D eigenvalue weighted by molar-refractivity contribution is 4.72. The number of hydrogen-bond donors (Lipinski definition) is 1. The quantitative estimate of drug-likeness (QED) is 0.612. The first-order chi connectivity index (χ1) is 8.22. The predicted molar refractivity (Wildman–Crippen MR) is 74.6 cm³/mol. The SMILES string of the molecule is CNCCCN1CCN(CCCN(C)C)CC1. The van der Waals surface area contributed by atoms with Gasteiger partial charge in [0.05, 0.1) is 0 Å². The van der Waals surface area contributed by atoms with Gasteiger partial charge in [0.1, 0.15) is 0 Å². The lowest BCUT2D eigenvalue weighted by Gasteiger charge is -2.34. The van der Waals surface area contributed by atoms with E-state index in [9.17, 15) is 0 Å². The maximum Gasteiger partial charge on any atom is 0.0110 e. The van der Waals surface area contributed by atoms with Crippen LogP contribution in [0.1, 0.15) is 12.8 Å². The van der Waals surface area contributed by atoms with E-state index in [0.29, 0.717) is 0 Å². The maximum absolute atomic E-state index is 3.21. The van der Waals surface area contributed by atoms with E-state index in [-0.39, 0.29) is 0 Å². The molecule has 4 heteroatoms. The number of piperazine rings is 1. The van der Waals surface area contributed by atoms with E-state index in [1.807, 2.05) is 7.05 Å². The highest BCUT2D eigenvalue weighted by Gasteiger charge is 2.15. The molecule has 0 aromatic carbocycles. The summed E-state index contributed by atoms with van der Waals surface area (Å²) in [6.45, 7) is 9.90. The van der Waals surface area contributed by atoms with Crippen molar-refractivity contribution in [2.24, 2.45) is 0 Å². The summed E-state index contributed by atoms with van der Waals surface area (Å²) in [4.78, 5) is 7.48. The van der Waals surface area contributed by atoms with Gasteiger partial charge in [-0.1, -0.05) is 0 Å². The Hall–Kier alpha value is -0.160. The summed E-state index contributed by atoms with van der Waals surface area (Å²) in [7, 11) is 6.34. The van der Waals surface area contributed by atoms with Gasteiger partial charge in [-0.15, -0.1) is 0 Å². The molecule has 4 nitrogen and oxygen atoms in total. The molecule has 1 saturated heterocycles. The van der Waals surface area contributed by atoms with Crippen LogP contribution >= 0.6 is 0 Å². The summed E-state index contributed by atoms with van der Waals surface area (Å²) >= 11 is 0. The van der Waals surface area contributed by atoms with Crippen LogP contribution in [-0.4, -0.2) is 88.2 Å². The van der Waals surface area contributed by atoms with Gasteiger partial charge in [0.2, 0.25) is 0 Å². The van der Waals surface area contributed by atoms with Gasteiger partial charge in [-0.3, -0.25) is 0 Å². The van der Waals surface area contributed by atoms with Crippen molar-refractivity contribution in [3.8, 4) is 0 Å². The maximum atomic E-state index is 3.21. The Labute approximate surface area is 107 Å². The van der Waals surface area contributed by atoms with Crippen LogP contribution < -0.4 is 5.32 Å². The Balaban J connectivity index is 2.01. The van der Waals surface area contributed by atoms with Crippen molar-refractivity contribution < 1.29 is 0 Å². The van der Waals surface area contributed by atoms with Crippen molar-refractivity contribution >= 4 is 0 Å². The molecule has 0 unspecified atom stereocenters. The second-order valence-corrected chi connectivity index (χ2v) is 5.30. The lowest BCUT2D eigenvalue weighted by Crippen LogP contribution is -2.47. The van der Waals surface area contributed by atoms with E-state index in [4.69, 9.17) is 0 Å². The number of rotatable bonds is 8. The smallest absolute Gasteiger partial charge is 0.0110 e. The normalized spacial score (nSPS) is 19.1.